The zero-order chi connectivity index (χ0) is 17.8. The fraction of sp³-hybridized carbons (Fsp3) is 0.389. The number of primary amides is 1. The van der Waals surface area contributed by atoms with E-state index in [1.165, 1.54) is 11.3 Å². The summed E-state index contributed by atoms with van der Waals surface area (Å²) in [6, 6.07) is 7.68. The van der Waals surface area contributed by atoms with Crippen LogP contribution < -0.4 is 15.8 Å². The zero-order valence-electron chi connectivity index (χ0n) is 14.0. The van der Waals surface area contributed by atoms with Crippen molar-refractivity contribution in [1.82, 2.24) is 4.98 Å². The molecule has 3 N–H and O–H groups in total. The van der Waals surface area contributed by atoms with Gasteiger partial charge in [-0.1, -0.05) is 23.5 Å². The highest BCUT2D eigenvalue weighted by atomic mass is 32.1. The Labute approximate surface area is 150 Å². The van der Waals surface area contributed by atoms with E-state index in [2.05, 4.69) is 10.3 Å². The van der Waals surface area contributed by atoms with Crippen LogP contribution in [0, 0.1) is 11.8 Å². The van der Waals surface area contributed by atoms with Crippen LogP contribution in [0.3, 0.4) is 0 Å². The molecule has 2 aromatic rings. The molecule has 25 heavy (non-hydrogen) atoms. The van der Waals surface area contributed by atoms with Crippen molar-refractivity contribution in [2.24, 2.45) is 17.6 Å². The maximum Gasteiger partial charge on any atom is 0.273 e. The molecule has 1 aliphatic carbocycles. The van der Waals surface area contributed by atoms with Crippen molar-refractivity contribution < 1.29 is 14.3 Å². The average Bonchev–Trinajstić information content (AvgIpc) is 3.11. The molecule has 7 heteroatoms. The fourth-order valence-electron chi connectivity index (χ4n) is 3.12. The third-order valence-electron chi connectivity index (χ3n) is 4.57. The number of carbonyl (C=O) groups excluding carboxylic acids is 2. The molecule has 1 heterocycles. The van der Waals surface area contributed by atoms with Crippen LogP contribution in [0.5, 0.6) is 5.19 Å². The number of carbonyl (C=O) groups is 2. The number of aromatic nitrogens is 1. The number of benzene rings is 1. The van der Waals surface area contributed by atoms with E-state index in [0.717, 1.165) is 16.1 Å². The topological polar surface area (TPSA) is 94.3 Å². The summed E-state index contributed by atoms with van der Waals surface area (Å²) in [6.45, 7) is 0. The molecular formula is C18H21N3O3S. The molecule has 0 spiro atoms. The van der Waals surface area contributed by atoms with Gasteiger partial charge >= 0.3 is 0 Å². The number of thiazole rings is 1. The van der Waals surface area contributed by atoms with Gasteiger partial charge < -0.3 is 15.8 Å². The summed E-state index contributed by atoms with van der Waals surface area (Å²) in [5, 5.41) is 3.59. The summed E-state index contributed by atoms with van der Waals surface area (Å²) in [7, 11) is 1.59. The molecule has 1 fully saturated rings. The number of rotatable bonds is 5. The second-order valence-electron chi connectivity index (χ2n) is 6.22. The van der Waals surface area contributed by atoms with E-state index in [4.69, 9.17) is 10.5 Å². The maximum atomic E-state index is 12.5. The number of ether oxygens (including phenoxy) is 1. The van der Waals surface area contributed by atoms with Gasteiger partial charge in [-0.2, -0.15) is 0 Å². The third kappa shape index (κ3) is 4.17. The van der Waals surface area contributed by atoms with Crippen molar-refractivity contribution in [2.75, 3.05) is 12.4 Å². The van der Waals surface area contributed by atoms with E-state index >= 15 is 0 Å². The quantitative estimate of drug-likeness (QED) is 0.858. The van der Waals surface area contributed by atoms with Crippen LogP contribution in [0.25, 0.3) is 10.4 Å². The molecular weight excluding hydrogens is 338 g/mol. The van der Waals surface area contributed by atoms with Crippen LogP contribution in [0.15, 0.2) is 30.5 Å². The lowest BCUT2D eigenvalue weighted by Gasteiger charge is -2.25. The minimum Gasteiger partial charge on any atom is -0.473 e. The molecule has 0 unspecified atom stereocenters. The predicted octanol–water partition coefficient (Wildman–Crippen LogP) is 3.05. The normalized spacial score (nSPS) is 20.0. The van der Waals surface area contributed by atoms with E-state index in [1.54, 1.807) is 13.3 Å². The van der Waals surface area contributed by atoms with Crippen molar-refractivity contribution in [1.29, 1.82) is 0 Å². The van der Waals surface area contributed by atoms with Gasteiger partial charge in [0.1, 0.15) is 0 Å². The number of nitrogens with zero attached hydrogens (tertiary/aromatic N) is 1. The van der Waals surface area contributed by atoms with Crippen molar-refractivity contribution >= 4 is 28.8 Å². The lowest BCUT2D eigenvalue weighted by molar-refractivity contribution is -0.126. The highest BCUT2D eigenvalue weighted by molar-refractivity contribution is 7.16. The van der Waals surface area contributed by atoms with Gasteiger partial charge in [-0.3, -0.25) is 9.59 Å². The largest absolute Gasteiger partial charge is 0.473 e. The number of amides is 2. The molecule has 1 aromatic carbocycles. The second-order valence-corrected chi connectivity index (χ2v) is 7.21. The van der Waals surface area contributed by atoms with Gasteiger partial charge in [-0.15, -0.1) is 0 Å². The Bertz CT molecular complexity index is 766. The lowest BCUT2D eigenvalue weighted by atomic mass is 9.81. The zero-order valence-corrected chi connectivity index (χ0v) is 14.8. The van der Waals surface area contributed by atoms with Crippen LogP contribution in [-0.2, 0) is 9.59 Å². The molecule has 1 aromatic heterocycles. The van der Waals surface area contributed by atoms with E-state index in [-0.39, 0.29) is 23.7 Å². The number of hydrogen-bond acceptors (Lipinski definition) is 5. The fourth-order valence-corrected chi connectivity index (χ4v) is 3.85. The first kappa shape index (κ1) is 17.4. The molecule has 3 rings (SSSR count). The summed E-state index contributed by atoms with van der Waals surface area (Å²) in [5.74, 6) is -0.412. The molecule has 0 radical (unpaired) electrons. The standard InChI is InChI=1S/C18H21N3O3S/c1-24-18-20-10-15(25-18)13-3-2-4-14(9-13)21-17(23)12-7-5-11(6-8-12)16(19)22/h2-4,9-12H,5-8H2,1H3,(H2,19,22)(H,21,23). The molecule has 0 bridgehead atoms. The Hall–Kier alpha value is -2.41. The van der Waals surface area contributed by atoms with Crippen LogP contribution in [-0.4, -0.2) is 23.9 Å². The molecule has 0 aliphatic heterocycles. The molecule has 1 saturated carbocycles. The lowest BCUT2D eigenvalue weighted by Crippen LogP contribution is -2.32. The van der Waals surface area contributed by atoms with E-state index in [1.807, 2.05) is 24.3 Å². The Morgan fingerprint density at radius 1 is 1.24 bits per heavy atom. The van der Waals surface area contributed by atoms with E-state index in [0.29, 0.717) is 30.9 Å². The van der Waals surface area contributed by atoms with Crippen molar-refractivity contribution in [3.8, 4) is 15.6 Å². The Kier molecular flexibility index (Phi) is 5.33. The minimum atomic E-state index is -0.258. The number of nitrogens with two attached hydrogens (primary N) is 1. The second kappa shape index (κ2) is 7.65. The van der Waals surface area contributed by atoms with Gasteiger partial charge in [0.05, 0.1) is 12.0 Å². The van der Waals surface area contributed by atoms with Gasteiger partial charge in [-0.25, -0.2) is 4.98 Å². The predicted molar refractivity (Wildman–Crippen MR) is 97.4 cm³/mol. The number of methoxy groups -OCH3 is 1. The van der Waals surface area contributed by atoms with Crippen molar-refractivity contribution in [3.05, 3.63) is 30.5 Å². The highest BCUT2D eigenvalue weighted by Gasteiger charge is 2.28. The van der Waals surface area contributed by atoms with E-state index < -0.39 is 0 Å². The molecule has 0 atom stereocenters. The summed E-state index contributed by atoms with van der Waals surface area (Å²) in [5.41, 5.74) is 7.08. The van der Waals surface area contributed by atoms with Crippen LogP contribution in [0.4, 0.5) is 5.69 Å². The molecule has 1 aliphatic rings. The van der Waals surface area contributed by atoms with Crippen LogP contribution in [0.1, 0.15) is 25.7 Å². The number of nitrogens with one attached hydrogen (secondary N) is 1. The first-order valence-corrected chi connectivity index (χ1v) is 9.09. The average molecular weight is 359 g/mol. The van der Waals surface area contributed by atoms with Crippen molar-refractivity contribution in [3.63, 3.8) is 0 Å². The van der Waals surface area contributed by atoms with Gasteiger partial charge in [0.2, 0.25) is 11.8 Å². The van der Waals surface area contributed by atoms with Crippen molar-refractivity contribution in [2.45, 2.75) is 25.7 Å². The van der Waals surface area contributed by atoms with Gasteiger partial charge in [0.15, 0.2) is 0 Å². The Morgan fingerprint density at radius 2 is 1.96 bits per heavy atom. The summed E-state index contributed by atoms with van der Waals surface area (Å²) in [4.78, 5) is 28.9. The monoisotopic (exact) mass is 359 g/mol. The Morgan fingerprint density at radius 3 is 2.60 bits per heavy atom. The number of anilines is 1. The molecule has 0 saturated heterocycles. The summed E-state index contributed by atoms with van der Waals surface area (Å²) >= 11 is 1.45. The number of hydrogen-bond donors (Lipinski definition) is 2. The molecule has 132 valence electrons. The van der Waals surface area contributed by atoms with E-state index in [9.17, 15) is 9.59 Å². The Balaban J connectivity index is 1.64. The SMILES string of the molecule is COc1ncc(-c2cccc(NC(=O)C3CCC(C(N)=O)CC3)c2)s1. The van der Waals surface area contributed by atoms with Gasteiger partial charge in [0, 0.05) is 23.7 Å². The van der Waals surface area contributed by atoms with Gasteiger partial charge in [0.25, 0.3) is 5.19 Å². The van der Waals surface area contributed by atoms with Crippen LogP contribution in [0.2, 0.25) is 0 Å². The van der Waals surface area contributed by atoms with Crippen LogP contribution >= 0.6 is 11.3 Å². The maximum absolute atomic E-state index is 12.5. The first-order chi connectivity index (χ1) is 12.1. The summed E-state index contributed by atoms with van der Waals surface area (Å²) in [6.07, 6.45) is 4.54. The highest BCUT2D eigenvalue weighted by Crippen LogP contribution is 2.32. The smallest absolute Gasteiger partial charge is 0.273 e. The molecule has 6 nitrogen and oxygen atoms in total. The minimum absolute atomic E-state index is 0.00181. The first-order valence-electron chi connectivity index (χ1n) is 8.27. The third-order valence-corrected chi connectivity index (χ3v) is 5.58. The summed E-state index contributed by atoms with van der Waals surface area (Å²) < 4.78 is 5.12. The van der Waals surface area contributed by atoms with Gasteiger partial charge in [-0.05, 0) is 43.4 Å². The molecule has 2 amide bonds.